The van der Waals surface area contributed by atoms with E-state index in [2.05, 4.69) is 5.32 Å². The number of rotatable bonds is 4. The fraction of sp³-hybridized carbons (Fsp3) is 0.900. The van der Waals surface area contributed by atoms with Crippen LogP contribution in [0.5, 0.6) is 0 Å². The normalized spacial score (nSPS) is 24.3. The second-order valence-electron chi connectivity index (χ2n) is 3.77. The highest BCUT2D eigenvalue weighted by Gasteiger charge is 2.21. The average Bonchev–Trinajstić information content (AvgIpc) is 2.26. The second-order valence-corrected chi connectivity index (χ2v) is 5.08. The largest absolute Gasteiger partial charge is 0.354 e. The Bertz CT molecular complexity index is 181. The molecule has 1 aliphatic heterocycles. The van der Waals surface area contributed by atoms with Crippen LogP contribution in [-0.4, -0.2) is 29.5 Å². The Hall–Kier alpha value is -0.220. The summed E-state index contributed by atoms with van der Waals surface area (Å²) in [6.45, 7) is 2.65. The SMILES string of the molecule is CCC(N)CNC(=O)C1CCCCS1. The van der Waals surface area contributed by atoms with Crippen molar-refractivity contribution in [3.05, 3.63) is 0 Å². The Labute approximate surface area is 90.2 Å². The van der Waals surface area contributed by atoms with Gasteiger partial charge in [-0.25, -0.2) is 0 Å². The third kappa shape index (κ3) is 3.88. The molecule has 0 aromatic carbocycles. The highest BCUT2D eigenvalue weighted by Crippen LogP contribution is 2.24. The molecule has 2 unspecified atom stereocenters. The lowest BCUT2D eigenvalue weighted by atomic mass is 10.1. The molecule has 2 atom stereocenters. The number of hydrogen-bond donors (Lipinski definition) is 2. The third-order valence-electron chi connectivity index (χ3n) is 2.53. The van der Waals surface area contributed by atoms with Crippen LogP contribution in [0.4, 0.5) is 0 Å². The van der Waals surface area contributed by atoms with E-state index in [1.54, 1.807) is 11.8 Å². The minimum absolute atomic E-state index is 0.104. The topological polar surface area (TPSA) is 55.1 Å². The molecule has 3 nitrogen and oxygen atoms in total. The van der Waals surface area contributed by atoms with Crippen LogP contribution in [0.3, 0.4) is 0 Å². The molecule has 0 spiro atoms. The van der Waals surface area contributed by atoms with Crippen molar-refractivity contribution in [2.24, 2.45) is 5.73 Å². The van der Waals surface area contributed by atoms with Crippen molar-refractivity contribution in [3.8, 4) is 0 Å². The van der Waals surface area contributed by atoms with Gasteiger partial charge < -0.3 is 11.1 Å². The minimum Gasteiger partial charge on any atom is -0.354 e. The standard InChI is InChI=1S/C10H20N2OS/c1-2-8(11)7-12-10(13)9-5-3-4-6-14-9/h8-9H,2-7,11H2,1H3,(H,12,13). The maximum atomic E-state index is 11.6. The smallest absolute Gasteiger partial charge is 0.233 e. The molecule has 0 aromatic rings. The molecule has 0 radical (unpaired) electrons. The quantitative estimate of drug-likeness (QED) is 0.740. The van der Waals surface area contributed by atoms with Gasteiger partial charge in [0.1, 0.15) is 0 Å². The lowest BCUT2D eigenvalue weighted by Crippen LogP contribution is -2.41. The van der Waals surface area contributed by atoms with E-state index in [4.69, 9.17) is 5.73 Å². The summed E-state index contributed by atoms with van der Waals surface area (Å²) in [5.41, 5.74) is 5.73. The fourth-order valence-corrected chi connectivity index (χ4v) is 2.66. The Kier molecular flexibility index (Phi) is 5.33. The molecule has 1 fully saturated rings. The molecule has 4 heteroatoms. The molecular formula is C10H20N2OS. The van der Waals surface area contributed by atoms with Gasteiger partial charge in [-0.15, -0.1) is 11.8 Å². The Morgan fingerprint density at radius 1 is 1.64 bits per heavy atom. The molecule has 0 bridgehead atoms. The van der Waals surface area contributed by atoms with Gasteiger partial charge in [0, 0.05) is 12.6 Å². The first kappa shape index (κ1) is 11.9. The molecule has 1 rings (SSSR count). The first-order chi connectivity index (χ1) is 6.74. The van der Waals surface area contributed by atoms with Gasteiger partial charge in [-0.2, -0.15) is 0 Å². The molecular weight excluding hydrogens is 196 g/mol. The summed E-state index contributed by atoms with van der Waals surface area (Å²) in [5.74, 6) is 1.30. The van der Waals surface area contributed by atoms with Crippen LogP contribution < -0.4 is 11.1 Å². The van der Waals surface area contributed by atoms with E-state index < -0.39 is 0 Å². The molecule has 0 aromatic heterocycles. The van der Waals surface area contributed by atoms with Gasteiger partial charge >= 0.3 is 0 Å². The highest BCUT2D eigenvalue weighted by atomic mass is 32.2. The number of amides is 1. The van der Waals surface area contributed by atoms with Gasteiger partial charge in [-0.3, -0.25) is 4.79 Å². The molecule has 82 valence electrons. The summed E-state index contributed by atoms with van der Waals surface area (Å²) in [5, 5.41) is 3.09. The average molecular weight is 216 g/mol. The summed E-state index contributed by atoms with van der Waals surface area (Å²) in [7, 11) is 0. The van der Waals surface area contributed by atoms with Crippen LogP contribution in [0.1, 0.15) is 32.6 Å². The Morgan fingerprint density at radius 2 is 2.43 bits per heavy atom. The molecule has 0 saturated carbocycles. The van der Waals surface area contributed by atoms with E-state index in [0.717, 1.165) is 18.6 Å². The third-order valence-corrected chi connectivity index (χ3v) is 3.91. The van der Waals surface area contributed by atoms with Crippen molar-refractivity contribution in [1.29, 1.82) is 0 Å². The summed E-state index contributed by atoms with van der Waals surface area (Å²) >= 11 is 1.78. The van der Waals surface area contributed by atoms with Gasteiger partial charge in [0.2, 0.25) is 5.91 Å². The number of hydrogen-bond acceptors (Lipinski definition) is 3. The van der Waals surface area contributed by atoms with Crippen LogP contribution in [-0.2, 0) is 4.79 Å². The molecule has 1 heterocycles. The van der Waals surface area contributed by atoms with Crippen LogP contribution >= 0.6 is 11.8 Å². The molecule has 1 aliphatic rings. The summed E-state index contributed by atoms with van der Waals surface area (Å²) in [6, 6.07) is 0.104. The zero-order valence-corrected chi connectivity index (χ0v) is 9.61. The molecule has 3 N–H and O–H groups in total. The summed E-state index contributed by atoms with van der Waals surface area (Å²) < 4.78 is 0. The van der Waals surface area contributed by atoms with Crippen molar-refractivity contribution >= 4 is 17.7 Å². The van der Waals surface area contributed by atoms with E-state index >= 15 is 0 Å². The summed E-state index contributed by atoms with van der Waals surface area (Å²) in [6.07, 6.45) is 4.38. The van der Waals surface area contributed by atoms with E-state index in [0.29, 0.717) is 6.54 Å². The van der Waals surface area contributed by atoms with Crippen molar-refractivity contribution in [2.75, 3.05) is 12.3 Å². The van der Waals surface area contributed by atoms with Gasteiger partial charge in [-0.1, -0.05) is 13.3 Å². The number of nitrogens with one attached hydrogen (secondary N) is 1. The minimum atomic E-state index is 0.104. The predicted octanol–water partition coefficient (Wildman–Crippen LogP) is 1.13. The van der Waals surface area contributed by atoms with Crippen molar-refractivity contribution in [2.45, 2.75) is 43.9 Å². The number of carbonyl (C=O) groups excluding carboxylic acids is 1. The zero-order valence-electron chi connectivity index (χ0n) is 8.79. The fourth-order valence-electron chi connectivity index (χ4n) is 1.44. The van der Waals surface area contributed by atoms with Crippen molar-refractivity contribution < 1.29 is 4.79 Å². The molecule has 1 amide bonds. The van der Waals surface area contributed by atoms with Gasteiger partial charge in [-0.05, 0) is 25.0 Å². The van der Waals surface area contributed by atoms with Gasteiger partial charge in [0.25, 0.3) is 0 Å². The van der Waals surface area contributed by atoms with Crippen LogP contribution in [0.25, 0.3) is 0 Å². The maximum Gasteiger partial charge on any atom is 0.233 e. The number of nitrogens with two attached hydrogens (primary N) is 1. The number of carbonyl (C=O) groups is 1. The highest BCUT2D eigenvalue weighted by molar-refractivity contribution is 8.00. The lowest BCUT2D eigenvalue weighted by molar-refractivity contribution is -0.120. The zero-order chi connectivity index (χ0) is 10.4. The van der Waals surface area contributed by atoms with E-state index in [9.17, 15) is 4.79 Å². The summed E-state index contributed by atoms with van der Waals surface area (Å²) in [4.78, 5) is 11.6. The van der Waals surface area contributed by atoms with Gasteiger partial charge in [0.15, 0.2) is 0 Å². The Balaban J connectivity index is 2.19. The van der Waals surface area contributed by atoms with Crippen molar-refractivity contribution in [1.82, 2.24) is 5.32 Å². The maximum absolute atomic E-state index is 11.6. The first-order valence-corrected chi connectivity index (χ1v) is 6.43. The molecule has 0 aliphatic carbocycles. The molecule has 14 heavy (non-hydrogen) atoms. The lowest BCUT2D eigenvalue weighted by Gasteiger charge is -2.21. The van der Waals surface area contributed by atoms with Crippen LogP contribution in [0, 0.1) is 0 Å². The molecule has 1 saturated heterocycles. The van der Waals surface area contributed by atoms with E-state index in [1.807, 2.05) is 6.92 Å². The van der Waals surface area contributed by atoms with Crippen LogP contribution in [0.2, 0.25) is 0 Å². The van der Waals surface area contributed by atoms with Crippen LogP contribution in [0.15, 0.2) is 0 Å². The predicted molar refractivity (Wildman–Crippen MR) is 61.4 cm³/mol. The first-order valence-electron chi connectivity index (χ1n) is 5.39. The Morgan fingerprint density at radius 3 is 3.00 bits per heavy atom. The van der Waals surface area contributed by atoms with E-state index in [1.165, 1.54) is 12.8 Å². The van der Waals surface area contributed by atoms with E-state index in [-0.39, 0.29) is 17.2 Å². The van der Waals surface area contributed by atoms with Gasteiger partial charge in [0.05, 0.1) is 5.25 Å². The monoisotopic (exact) mass is 216 g/mol. The second kappa shape index (κ2) is 6.30. The van der Waals surface area contributed by atoms with Crippen molar-refractivity contribution in [3.63, 3.8) is 0 Å². The number of thioether (sulfide) groups is 1.